The molecule has 2 rings (SSSR count). The van der Waals surface area contributed by atoms with Crippen molar-refractivity contribution in [3.63, 3.8) is 0 Å². The topological polar surface area (TPSA) is 59.1 Å². The van der Waals surface area contributed by atoms with Gasteiger partial charge in [0.05, 0.1) is 5.41 Å². The second kappa shape index (κ2) is 4.52. The van der Waals surface area contributed by atoms with E-state index in [9.17, 15) is 9.59 Å². The summed E-state index contributed by atoms with van der Waals surface area (Å²) >= 11 is 0. The smallest absolute Gasteiger partial charge is 0.226 e. The van der Waals surface area contributed by atoms with E-state index in [-0.39, 0.29) is 17.1 Å². The summed E-state index contributed by atoms with van der Waals surface area (Å²) in [6, 6.07) is 1.88. The van der Waals surface area contributed by atoms with Crippen LogP contribution in [0.1, 0.15) is 41.9 Å². The molecule has 1 unspecified atom stereocenters. The van der Waals surface area contributed by atoms with Gasteiger partial charge in [0.25, 0.3) is 0 Å². The molecular formula is C14H18N2O2. The third kappa shape index (κ3) is 1.92. The maximum Gasteiger partial charge on any atom is 0.226 e. The van der Waals surface area contributed by atoms with Crippen LogP contribution in [0.25, 0.3) is 0 Å². The van der Waals surface area contributed by atoms with Crippen LogP contribution in [0, 0.1) is 5.41 Å². The van der Waals surface area contributed by atoms with E-state index < -0.39 is 0 Å². The molecular weight excluding hydrogens is 228 g/mol. The molecule has 0 radical (unpaired) electrons. The van der Waals surface area contributed by atoms with Crippen LogP contribution in [-0.4, -0.2) is 23.7 Å². The molecule has 0 fully saturated rings. The predicted octanol–water partition coefficient (Wildman–Crippen LogP) is 1.53. The zero-order chi connectivity index (χ0) is 13.3. The van der Waals surface area contributed by atoms with Crippen molar-refractivity contribution >= 4 is 11.7 Å². The van der Waals surface area contributed by atoms with E-state index in [0.29, 0.717) is 18.4 Å². The van der Waals surface area contributed by atoms with Crippen molar-refractivity contribution in [1.29, 1.82) is 0 Å². The van der Waals surface area contributed by atoms with Gasteiger partial charge in [-0.3, -0.25) is 14.6 Å². The van der Waals surface area contributed by atoms with Crippen LogP contribution in [0.5, 0.6) is 0 Å². The minimum Gasteiger partial charge on any atom is -0.359 e. The van der Waals surface area contributed by atoms with Crippen molar-refractivity contribution in [3.8, 4) is 0 Å². The van der Waals surface area contributed by atoms with Gasteiger partial charge in [0.2, 0.25) is 5.91 Å². The average molecular weight is 246 g/mol. The Bertz CT molecular complexity index is 511. The second-order valence-corrected chi connectivity index (χ2v) is 4.95. The number of carbonyl (C=O) groups excluding carboxylic acids is 2. The van der Waals surface area contributed by atoms with E-state index in [1.165, 1.54) is 6.92 Å². The van der Waals surface area contributed by atoms with Gasteiger partial charge >= 0.3 is 0 Å². The second-order valence-electron chi connectivity index (χ2n) is 4.95. The number of amides is 1. The van der Waals surface area contributed by atoms with Crippen molar-refractivity contribution in [2.24, 2.45) is 5.41 Å². The van der Waals surface area contributed by atoms with Crippen LogP contribution in [0.2, 0.25) is 0 Å². The monoisotopic (exact) mass is 246 g/mol. The number of fused-ring (bicyclic) bond motifs is 1. The molecule has 18 heavy (non-hydrogen) atoms. The van der Waals surface area contributed by atoms with Crippen LogP contribution >= 0.6 is 0 Å². The molecule has 1 amide bonds. The molecule has 0 spiro atoms. The molecule has 0 aliphatic heterocycles. The van der Waals surface area contributed by atoms with E-state index in [1.807, 2.05) is 13.0 Å². The van der Waals surface area contributed by atoms with Gasteiger partial charge in [-0.1, -0.05) is 6.92 Å². The molecule has 0 saturated carbocycles. The highest BCUT2D eigenvalue weighted by Gasteiger charge is 2.42. The number of pyridine rings is 1. The number of rotatable bonds is 3. The normalized spacial score (nSPS) is 21.5. The van der Waals surface area contributed by atoms with Gasteiger partial charge < -0.3 is 5.32 Å². The summed E-state index contributed by atoms with van der Waals surface area (Å²) < 4.78 is 0. The fraction of sp³-hybridized carbons (Fsp3) is 0.500. The van der Waals surface area contributed by atoms with Crippen molar-refractivity contribution in [2.75, 3.05) is 7.05 Å². The van der Waals surface area contributed by atoms with Crippen molar-refractivity contribution in [3.05, 3.63) is 29.1 Å². The molecule has 1 N–H and O–H groups in total. The lowest BCUT2D eigenvalue weighted by Crippen LogP contribution is -2.39. The summed E-state index contributed by atoms with van der Waals surface area (Å²) in [5, 5.41) is 2.74. The first-order valence-electron chi connectivity index (χ1n) is 6.23. The molecule has 0 saturated heterocycles. The number of nitrogens with one attached hydrogen (secondary N) is 1. The molecule has 4 heteroatoms. The maximum atomic E-state index is 12.0. The molecule has 1 aliphatic rings. The lowest BCUT2D eigenvalue weighted by molar-refractivity contribution is -0.130. The van der Waals surface area contributed by atoms with Gasteiger partial charge in [0.1, 0.15) is 0 Å². The minimum absolute atomic E-state index is 0.0132. The van der Waals surface area contributed by atoms with Gasteiger partial charge in [0.15, 0.2) is 5.78 Å². The van der Waals surface area contributed by atoms with Crippen LogP contribution < -0.4 is 5.32 Å². The van der Waals surface area contributed by atoms with E-state index in [4.69, 9.17) is 0 Å². The highest BCUT2D eigenvalue weighted by molar-refractivity contribution is 5.94. The first-order valence-corrected chi connectivity index (χ1v) is 6.23. The van der Waals surface area contributed by atoms with Gasteiger partial charge in [-0.05, 0) is 31.4 Å². The summed E-state index contributed by atoms with van der Waals surface area (Å²) in [6.07, 6.45) is 3.72. The Morgan fingerprint density at radius 1 is 1.44 bits per heavy atom. The summed E-state index contributed by atoms with van der Waals surface area (Å²) in [6.45, 7) is 3.55. The Balaban J connectivity index is 2.37. The fourth-order valence-corrected chi connectivity index (χ4v) is 2.63. The SMILES string of the molecule is CCC1(C(=O)NC)Cc2cc(C(C)=O)cnc2C1. The molecule has 4 nitrogen and oxygen atoms in total. The Morgan fingerprint density at radius 2 is 2.17 bits per heavy atom. The number of hydrogen-bond donors (Lipinski definition) is 1. The molecule has 1 heterocycles. The zero-order valence-corrected chi connectivity index (χ0v) is 11.0. The van der Waals surface area contributed by atoms with E-state index in [0.717, 1.165) is 17.7 Å². The Morgan fingerprint density at radius 3 is 2.72 bits per heavy atom. The molecule has 0 bridgehead atoms. The summed E-state index contributed by atoms with van der Waals surface area (Å²) in [5.74, 6) is 0.0756. The highest BCUT2D eigenvalue weighted by atomic mass is 16.2. The Kier molecular flexibility index (Phi) is 3.20. The first-order chi connectivity index (χ1) is 8.52. The minimum atomic E-state index is -0.389. The summed E-state index contributed by atoms with van der Waals surface area (Å²) in [5.41, 5.74) is 2.22. The summed E-state index contributed by atoms with van der Waals surface area (Å²) in [7, 11) is 1.66. The average Bonchev–Trinajstić information content (AvgIpc) is 2.76. The van der Waals surface area contributed by atoms with Gasteiger partial charge in [-0.25, -0.2) is 0 Å². The Labute approximate surface area is 107 Å². The van der Waals surface area contributed by atoms with E-state index >= 15 is 0 Å². The third-order valence-corrected chi connectivity index (χ3v) is 3.89. The van der Waals surface area contributed by atoms with E-state index in [1.54, 1.807) is 13.2 Å². The molecule has 1 aromatic heterocycles. The van der Waals surface area contributed by atoms with Crippen LogP contribution in [0.4, 0.5) is 0 Å². The van der Waals surface area contributed by atoms with Crippen molar-refractivity contribution in [1.82, 2.24) is 10.3 Å². The summed E-state index contributed by atoms with van der Waals surface area (Å²) in [4.78, 5) is 27.7. The molecule has 96 valence electrons. The predicted molar refractivity (Wildman–Crippen MR) is 68.4 cm³/mol. The zero-order valence-electron chi connectivity index (χ0n) is 11.0. The van der Waals surface area contributed by atoms with Gasteiger partial charge in [-0.15, -0.1) is 0 Å². The molecule has 0 aromatic carbocycles. The van der Waals surface area contributed by atoms with Gasteiger partial charge in [0, 0.05) is 30.9 Å². The van der Waals surface area contributed by atoms with E-state index in [2.05, 4.69) is 10.3 Å². The number of nitrogens with zero attached hydrogens (tertiary/aromatic N) is 1. The van der Waals surface area contributed by atoms with Crippen LogP contribution in [0.3, 0.4) is 0 Å². The lowest BCUT2D eigenvalue weighted by atomic mass is 9.81. The quantitative estimate of drug-likeness (QED) is 0.823. The first kappa shape index (κ1) is 12.7. The third-order valence-electron chi connectivity index (χ3n) is 3.89. The molecule has 1 aromatic rings. The van der Waals surface area contributed by atoms with Crippen LogP contribution in [-0.2, 0) is 17.6 Å². The largest absolute Gasteiger partial charge is 0.359 e. The molecule has 1 atom stereocenters. The van der Waals surface area contributed by atoms with Crippen molar-refractivity contribution in [2.45, 2.75) is 33.1 Å². The molecule has 1 aliphatic carbocycles. The lowest BCUT2D eigenvalue weighted by Gasteiger charge is -2.24. The van der Waals surface area contributed by atoms with Crippen molar-refractivity contribution < 1.29 is 9.59 Å². The highest BCUT2D eigenvalue weighted by Crippen LogP contribution is 2.39. The number of aromatic nitrogens is 1. The fourth-order valence-electron chi connectivity index (χ4n) is 2.63. The maximum absolute atomic E-state index is 12.0. The van der Waals surface area contributed by atoms with Gasteiger partial charge in [-0.2, -0.15) is 0 Å². The number of ketones is 1. The number of Topliss-reactive ketones (excluding diaryl/α,β-unsaturated/α-hetero) is 1. The number of hydrogen-bond acceptors (Lipinski definition) is 3. The number of carbonyl (C=O) groups is 2. The van der Waals surface area contributed by atoms with Crippen LogP contribution in [0.15, 0.2) is 12.3 Å². The standard InChI is InChI=1S/C14H18N2O2/c1-4-14(13(18)15-3)6-10-5-11(9(2)17)8-16-12(10)7-14/h5,8H,4,6-7H2,1-3H3,(H,15,18). The Hall–Kier alpha value is -1.71.